The lowest BCUT2D eigenvalue weighted by atomic mass is 9.82. The molecule has 1 aromatic carbocycles. The van der Waals surface area contributed by atoms with E-state index in [1.807, 2.05) is 11.0 Å². The van der Waals surface area contributed by atoms with Gasteiger partial charge in [-0.15, -0.1) is 0 Å². The van der Waals surface area contributed by atoms with Crippen molar-refractivity contribution in [3.05, 3.63) is 30.1 Å². The molecule has 1 saturated heterocycles. The van der Waals surface area contributed by atoms with E-state index >= 15 is 0 Å². The number of piperazine rings is 1. The average Bonchev–Trinajstić information content (AvgIpc) is 2.58. The summed E-state index contributed by atoms with van der Waals surface area (Å²) in [6.07, 6.45) is 2.52. The Hall–Kier alpha value is -2.44. The lowest BCUT2D eigenvalue weighted by Gasteiger charge is -2.36. The highest BCUT2D eigenvalue weighted by Gasteiger charge is 2.30. The molecule has 6 nitrogen and oxygen atoms in total. The number of ketones is 1. The van der Waals surface area contributed by atoms with Gasteiger partial charge in [0.2, 0.25) is 11.7 Å². The van der Waals surface area contributed by atoms with E-state index in [0.29, 0.717) is 26.2 Å². The molecule has 1 aliphatic carbocycles. The fraction of sp³-hybridized carbons (Fsp3) is 0.500. The number of nitrogens with zero attached hydrogens (tertiary/aromatic N) is 2. The first-order valence-corrected chi connectivity index (χ1v) is 8.65. The van der Waals surface area contributed by atoms with Crippen molar-refractivity contribution in [3.63, 3.8) is 0 Å². The molecule has 2 aliphatic rings. The van der Waals surface area contributed by atoms with Crippen LogP contribution in [0.3, 0.4) is 0 Å². The van der Waals surface area contributed by atoms with E-state index in [9.17, 15) is 18.8 Å². The smallest absolute Gasteiger partial charge is 0.288 e. The number of carbonyl (C=O) groups is 3. The summed E-state index contributed by atoms with van der Waals surface area (Å²) in [5.74, 6) is -1.71. The van der Waals surface area contributed by atoms with Crippen LogP contribution < -0.4 is 10.2 Å². The van der Waals surface area contributed by atoms with Crippen LogP contribution >= 0.6 is 0 Å². The van der Waals surface area contributed by atoms with Crippen molar-refractivity contribution < 1.29 is 18.8 Å². The highest BCUT2D eigenvalue weighted by Crippen LogP contribution is 2.27. The normalized spacial score (nSPS) is 17.8. The second-order valence-corrected chi connectivity index (χ2v) is 6.52. The van der Waals surface area contributed by atoms with Gasteiger partial charge in [-0.05, 0) is 31.0 Å². The Bertz CT molecular complexity index is 667. The van der Waals surface area contributed by atoms with E-state index in [1.165, 1.54) is 12.1 Å². The number of halogens is 1. The van der Waals surface area contributed by atoms with Crippen molar-refractivity contribution in [1.29, 1.82) is 0 Å². The highest BCUT2D eigenvalue weighted by molar-refractivity contribution is 6.37. The summed E-state index contributed by atoms with van der Waals surface area (Å²) in [5, 5.41) is 2.44. The van der Waals surface area contributed by atoms with Crippen LogP contribution in [0.5, 0.6) is 0 Å². The van der Waals surface area contributed by atoms with E-state index in [-0.39, 0.29) is 24.2 Å². The number of hydrogen-bond acceptors (Lipinski definition) is 4. The van der Waals surface area contributed by atoms with Gasteiger partial charge in [-0.2, -0.15) is 0 Å². The molecule has 0 atom stereocenters. The van der Waals surface area contributed by atoms with Crippen LogP contribution in [0.15, 0.2) is 24.3 Å². The van der Waals surface area contributed by atoms with Gasteiger partial charge in [0.05, 0.1) is 6.54 Å². The topological polar surface area (TPSA) is 69.7 Å². The third-order valence-electron chi connectivity index (χ3n) is 4.91. The van der Waals surface area contributed by atoms with Crippen LogP contribution in [-0.4, -0.2) is 55.2 Å². The minimum Gasteiger partial charge on any atom is -0.368 e. The van der Waals surface area contributed by atoms with Gasteiger partial charge in [-0.3, -0.25) is 14.4 Å². The highest BCUT2D eigenvalue weighted by atomic mass is 19.1. The molecule has 7 heteroatoms. The molecule has 3 rings (SSSR count). The van der Waals surface area contributed by atoms with E-state index < -0.39 is 11.7 Å². The maximum Gasteiger partial charge on any atom is 0.288 e. The molecule has 0 unspecified atom stereocenters. The number of carbonyl (C=O) groups excluding carboxylic acids is 3. The number of rotatable bonds is 5. The van der Waals surface area contributed by atoms with Gasteiger partial charge in [0, 0.05) is 37.8 Å². The lowest BCUT2D eigenvalue weighted by Crippen LogP contribution is -2.52. The summed E-state index contributed by atoms with van der Waals surface area (Å²) >= 11 is 0. The second kappa shape index (κ2) is 7.63. The zero-order valence-electron chi connectivity index (χ0n) is 14.0. The minimum absolute atomic E-state index is 0.155. The largest absolute Gasteiger partial charge is 0.368 e. The zero-order chi connectivity index (χ0) is 17.8. The summed E-state index contributed by atoms with van der Waals surface area (Å²) in [6.45, 7) is 2.05. The summed E-state index contributed by atoms with van der Waals surface area (Å²) < 4.78 is 13.3. The van der Waals surface area contributed by atoms with E-state index in [2.05, 4.69) is 5.32 Å². The predicted octanol–water partition coefficient (Wildman–Crippen LogP) is 0.960. The molecular formula is C18H22FN3O3. The Morgan fingerprint density at radius 3 is 2.44 bits per heavy atom. The van der Waals surface area contributed by atoms with Crippen molar-refractivity contribution in [3.8, 4) is 0 Å². The van der Waals surface area contributed by atoms with Crippen LogP contribution in [0.2, 0.25) is 0 Å². The molecule has 1 heterocycles. The molecule has 25 heavy (non-hydrogen) atoms. The second-order valence-electron chi connectivity index (χ2n) is 6.52. The average molecular weight is 347 g/mol. The molecule has 1 aliphatic heterocycles. The Kier molecular flexibility index (Phi) is 5.31. The van der Waals surface area contributed by atoms with E-state index in [4.69, 9.17) is 0 Å². The SMILES string of the molecule is O=C(NCC(=O)N1CCN(c2cccc(F)c2)CC1)C(=O)C1CCC1. The Morgan fingerprint density at radius 1 is 1.12 bits per heavy atom. The fourth-order valence-corrected chi connectivity index (χ4v) is 3.10. The van der Waals surface area contributed by atoms with E-state index in [1.54, 1.807) is 11.0 Å². The summed E-state index contributed by atoms with van der Waals surface area (Å²) in [4.78, 5) is 39.4. The maximum absolute atomic E-state index is 13.3. The van der Waals surface area contributed by atoms with Crippen LogP contribution in [0.1, 0.15) is 19.3 Å². The molecule has 0 radical (unpaired) electrons. The van der Waals surface area contributed by atoms with Crippen LogP contribution in [-0.2, 0) is 14.4 Å². The standard InChI is InChI=1S/C18H22FN3O3/c19-14-5-2-6-15(11-14)21-7-9-22(10-8-21)16(23)12-20-18(25)17(24)13-3-1-4-13/h2,5-6,11,13H,1,3-4,7-10,12H2,(H,20,25). The van der Waals surface area contributed by atoms with Crippen molar-refractivity contribution in [2.24, 2.45) is 5.92 Å². The van der Waals surface area contributed by atoms with Gasteiger partial charge in [-0.1, -0.05) is 12.5 Å². The molecule has 0 aromatic heterocycles. The summed E-state index contributed by atoms with van der Waals surface area (Å²) in [6, 6.07) is 6.38. The monoisotopic (exact) mass is 347 g/mol. The quantitative estimate of drug-likeness (QED) is 0.806. The number of amides is 2. The van der Waals surface area contributed by atoms with Crippen molar-refractivity contribution in [1.82, 2.24) is 10.2 Å². The lowest BCUT2D eigenvalue weighted by molar-refractivity contribution is -0.142. The van der Waals surface area contributed by atoms with Crippen LogP contribution in [0.4, 0.5) is 10.1 Å². The van der Waals surface area contributed by atoms with Crippen LogP contribution in [0.25, 0.3) is 0 Å². The Morgan fingerprint density at radius 2 is 1.84 bits per heavy atom. The molecule has 0 spiro atoms. The van der Waals surface area contributed by atoms with Gasteiger partial charge in [0.25, 0.3) is 5.91 Å². The third-order valence-corrected chi connectivity index (χ3v) is 4.91. The fourth-order valence-electron chi connectivity index (χ4n) is 3.10. The first-order valence-electron chi connectivity index (χ1n) is 8.65. The third kappa shape index (κ3) is 4.15. The molecular weight excluding hydrogens is 325 g/mol. The van der Waals surface area contributed by atoms with Crippen molar-refractivity contribution in [2.45, 2.75) is 19.3 Å². The van der Waals surface area contributed by atoms with E-state index in [0.717, 1.165) is 24.9 Å². The molecule has 1 aromatic rings. The molecule has 1 N–H and O–H groups in total. The van der Waals surface area contributed by atoms with Gasteiger partial charge in [-0.25, -0.2) is 4.39 Å². The first kappa shape index (κ1) is 17.4. The molecule has 1 saturated carbocycles. The number of nitrogens with one attached hydrogen (secondary N) is 1. The first-order chi connectivity index (χ1) is 12.0. The number of Topliss-reactive ketones (excluding diaryl/α,β-unsaturated/α-hetero) is 1. The minimum atomic E-state index is -0.656. The maximum atomic E-state index is 13.3. The zero-order valence-corrected chi connectivity index (χ0v) is 14.0. The summed E-state index contributed by atoms with van der Waals surface area (Å²) in [5.41, 5.74) is 0.798. The van der Waals surface area contributed by atoms with Crippen molar-refractivity contribution >= 4 is 23.3 Å². The molecule has 0 bridgehead atoms. The Balaban J connectivity index is 1.43. The van der Waals surface area contributed by atoms with Gasteiger partial charge in [0.1, 0.15) is 5.82 Å². The van der Waals surface area contributed by atoms with Gasteiger partial charge in [0.15, 0.2) is 0 Å². The van der Waals surface area contributed by atoms with Crippen LogP contribution in [0, 0.1) is 11.7 Å². The summed E-state index contributed by atoms with van der Waals surface area (Å²) in [7, 11) is 0. The number of benzene rings is 1. The molecule has 2 amide bonds. The predicted molar refractivity (Wildman–Crippen MR) is 90.6 cm³/mol. The molecule has 134 valence electrons. The molecule has 2 fully saturated rings. The number of hydrogen-bond donors (Lipinski definition) is 1. The van der Waals surface area contributed by atoms with Crippen molar-refractivity contribution in [2.75, 3.05) is 37.6 Å². The Labute approximate surface area is 146 Å². The number of anilines is 1. The van der Waals surface area contributed by atoms with Gasteiger partial charge >= 0.3 is 0 Å². The van der Waals surface area contributed by atoms with Gasteiger partial charge < -0.3 is 15.1 Å².